The monoisotopic (exact) mass is 445 g/mol. The first-order valence-electron chi connectivity index (χ1n) is 11.8. The van der Waals surface area contributed by atoms with Gasteiger partial charge in [0.1, 0.15) is 0 Å². The van der Waals surface area contributed by atoms with Gasteiger partial charge in [-0.15, -0.1) is 0 Å². The van der Waals surface area contributed by atoms with E-state index in [-0.39, 0.29) is 11.8 Å². The zero-order chi connectivity index (χ0) is 23.1. The molecule has 7 nitrogen and oxygen atoms in total. The molecule has 2 fully saturated rings. The lowest BCUT2D eigenvalue weighted by atomic mass is 10.0. The Balaban J connectivity index is 1.35. The normalized spacial score (nSPS) is 21.4. The molecule has 3 atom stereocenters. The van der Waals surface area contributed by atoms with Crippen molar-refractivity contribution in [2.24, 2.45) is 17.8 Å². The summed E-state index contributed by atoms with van der Waals surface area (Å²) in [5, 5.41) is 7.26. The molecular weight excluding hydrogens is 414 g/mol. The summed E-state index contributed by atoms with van der Waals surface area (Å²) < 4.78 is 5.61. The van der Waals surface area contributed by atoms with Crippen molar-refractivity contribution in [3.05, 3.63) is 47.3 Å². The Morgan fingerprint density at radius 2 is 1.82 bits per heavy atom. The lowest BCUT2D eigenvalue weighted by Gasteiger charge is -2.14. The van der Waals surface area contributed by atoms with Crippen LogP contribution >= 0.6 is 0 Å². The van der Waals surface area contributed by atoms with Gasteiger partial charge in [0.25, 0.3) is 0 Å². The Morgan fingerprint density at radius 1 is 1.12 bits per heavy atom. The molecule has 172 valence electrons. The van der Waals surface area contributed by atoms with Gasteiger partial charge in [0.15, 0.2) is 5.76 Å². The topological polar surface area (TPSA) is 84.2 Å². The third-order valence-electron chi connectivity index (χ3n) is 7.23. The first-order chi connectivity index (χ1) is 15.9. The fraction of sp³-hybridized carbons (Fsp3) is 0.462. The molecule has 2 heterocycles. The maximum absolute atomic E-state index is 12.6. The molecule has 33 heavy (non-hydrogen) atoms. The smallest absolute Gasteiger partial charge is 0.225 e. The van der Waals surface area contributed by atoms with E-state index < -0.39 is 0 Å². The maximum Gasteiger partial charge on any atom is 0.225 e. The average Bonchev–Trinajstić information content (AvgIpc) is 3.48. The second-order valence-corrected chi connectivity index (χ2v) is 9.60. The zero-order valence-corrected chi connectivity index (χ0v) is 19.8. The molecule has 1 N–H and O–H groups in total. The van der Waals surface area contributed by atoms with Crippen molar-refractivity contribution in [1.82, 2.24) is 20.4 Å². The van der Waals surface area contributed by atoms with Gasteiger partial charge in [0.05, 0.1) is 17.0 Å². The third-order valence-corrected chi connectivity index (χ3v) is 7.23. The van der Waals surface area contributed by atoms with Crippen LogP contribution in [0.4, 0.5) is 5.95 Å². The zero-order valence-electron chi connectivity index (χ0n) is 19.8. The Kier molecular flexibility index (Phi) is 5.64. The minimum atomic E-state index is 0.223. The molecule has 1 amide bonds. The largest absolute Gasteiger partial charge is 0.356 e. The molecule has 0 bridgehead atoms. The first kappa shape index (κ1) is 21.6. The lowest BCUT2D eigenvalue weighted by molar-refractivity contribution is -0.123. The van der Waals surface area contributed by atoms with Gasteiger partial charge in [-0.3, -0.25) is 4.79 Å². The number of anilines is 1. The molecule has 0 saturated heterocycles. The molecule has 7 heteroatoms. The van der Waals surface area contributed by atoms with E-state index in [2.05, 4.69) is 27.6 Å². The molecule has 2 aliphatic rings. The SMILES string of the molecule is Cc1noc(-c2cnc(N(C)C)nc2-c2ccc(CNC(=O)C3[C@H]4CCCC[C@@H]34)cc2)c1C. The summed E-state index contributed by atoms with van der Waals surface area (Å²) in [5.74, 6) is 3.05. The van der Waals surface area contributed by atoms with Crippen molar-refractivity contribution in [2.75, 3.05) is 19.0 Å². The summed E-state index contributed by atoms with van der Waals surface area (Å²) in [7, 11) is 3.84. The highest BCUT2D eigenvalue weighted by atomic mass is 16.5. The van der Waals surface area contributed by atoms with Crippen LogP contribution in [0.5, 0.6) is 0 Å². The van der Waals surface area contributed by atoms with E-state index in [4.69, 9.17) is 9.51 Å². The van der Waals surface area contributed by atoms with E-state index in [9.17, 15) is 4.79 Å². The van der Waals surface area contributed by atoms with Crippen molar-refractivity contribution in [1.29, 1.82) is 0 Å². The number of carbonyl (C=O) groups is 1. The Bertz CT molecular complexity index is 1160. The van der Waals surface area contributed by atoms with Gasteiger partial charge >= 0.3 is 0 Å². The van der Waals surface area contributed by atoms with Crippen molar-refractivity contribution in [3.8, 4) is 22.6 Å². The predicted molar refractivity (Wildman–Crippen MR) is 128 cm³/mol. The fourth-order valence-corrected chi connectivity index (χ4v) is 5.11. The van der Waals surface area contributed by atoms with E-state index in [0.717, 1.165) is 33.6 Å². The molecular formula is C26H31N5O2. The summed E-state index contributed by atoms with van der Waals surface area (Å²) in [6.45, 7) is 4.47. The number of amides is 1. The highest BCUT2D eigenvalue weighted by Gasteiger charge is 2.54. The summed E-state index contributed by atoms with van der Waals surface area (Å²) in [6, 6.07) is 8.19. The number of nitrogens with one attached hydrogen (secondary N) is 1. The maximum atomic E-state index is 12.6. The van der Waals surface area contributed by atoms with Crippen LogP contribution in [0.1, 0.15) is 42.5 Å². The minimum absolute atomic E-state index is 0.223. The van der Waals surface area contributed by atoms with Gasteiger partial charge < -0.3 is 14.7 Å². The molecule has 1 unspecified atom stereocenters. The van der Waals surface area contributed by atoms with Gasteiger partial charge in [-0.1, -0.05) is 42.3 Å². The van der Waals surface area contributed by atoms with Crippen molar-refractivity contribution in [3.63, 3.8) is 0 Å². The van der Waals surface area contributed by atoms with Crippen molar-refractivity contribution < 1.29 is 9.32 Å². The summed E-state index contributed by atoms with van der Waals surface area (Å²) >= 11 is 0. The highest BCUT2D eigenvalue weighted by molar-refractivity contribution is 5.82. The van der Waals surface area contributed by atoms with E-state index in [1.54, 1.807) is 6.20 Å². The van der Waals surface area contributed by atoms with E-state index in [0.29, 0.717) is 30.1 Å². The quantitative estimate of drug-likeness (QED) is 0.600. The molecule has 2 saturated carbocycles. The second-order valence-electron chi connectivity index (χ2n) is 9.60. The summed E-state index contributed by atoms with van der Waals surface area (Å²) in [6.07, 6.45) is 6.80. The number of aromatic nitrogens is 3. The molecule has 0 radical (unpaired) electrons. The third kappa shape index (κ3) is 4.12. The number of hydrogen-bond acceptors (Lipinski definition) is 6. The Labute approximate surface area is 194 Å². The van der Waals surface area contributed by atoms with Crippen LogP contribution in [0.3, 0.4) is 0 Å². The van der Waals surface area contributed by atoms with Crippen LogP contribution in [0.25, 0.3) is 22.6 Å². The number of hydrogen-bond donors (Lipinski definition) is 1. The van der Waals surface area contributed by atoms with Gasteiger partial charge in [-0.2, -0.15) is 0 Å². The van der Waals surface area contributed by atoms with Crippen LogP contribution in [-0.4, -0.2) is 35.1 Å². The van der Waals surface area contributed by atoms with Crippen LogP contribution in [0.15, 0.2) is 35.0 Å². The van der Waals surface area contributed by atoms with Gasteiger partial charge in [-0.25, -0.2) is 9.97 Å². The number of nitrogens with zero attached hydrogens (tertiary/aromatic N) is 4. The molecule has 2 aromatic heterocycles. The van der Waals surface area contributed by atoms with Crippen molar-refractivity contribution in [2.45, 2.75) is 46.1 Å². The molecule has 0 aliphatic heterocycles. The summed E-state index contributed by atoms with van der Waals surface area (Å²) in [5.41, 5.74) is 5.49. The van der Waals surface area contributed by atoms with Crippen LogP contribution < -0.4 is 10.2 Å². The van der Waals surface area contributed by atoms with Gasteiger partial charge in [0.2, 0.25) is 11.9 Å². The number of fused-ring (bicyclic) bond motifs is 1. The standard InChI is InChI=1S/C26H31N5O2/c1-15-16(2)30-33-24(15)21-14-28-26(31(3)4)29-23(21)18-11-9-17(10-12-18)13-27-25(32)22-19-7-5-6-8-20(19)22/h9-12,14,19-20,22H,5-8,13H2,1-4H3,(H,27,32)/t19-,20+,22?. The fourth-order valence-electron chi connectivity index (χ4n) is 5.11. The molecule has 0 spiro atoms. The number of aryl methyl sites for hydroxylation is 1. The summed E-state index contributed by atoms with van der Waals surface area (Å²) in [4.78, 5) is 23.8. The molecule has 2 aliphatic carbocycles. The van der Waals surface area contributed by atoms with E-state index in [1.165, 1.54) is 25.7 Å². The molecule has 1 aromatic carbocycles. The molecule has 3 aromatic rings. The number of carbonyl (C=O) groups excluding carboxylic acids is 1. The second kappa shape index (κ2) is 8.61. The number of rotatable bonds is 6. The van der Waals surface area contributed by atoms with Crippen LogP contribution in [0, 0.1) is 31.6 Å². The highest BCUT2D eigenvalue weighted by Crippen LogP contribution is 2.55. The van der Waals surface area contributed by atoms with Crippen LogP contribution in [-0.2, 0) is 11.3 Å². The lowest BCUT2D eigenvalue weighted by Crippen LogP contribution is -2.25. The van der Waals surface area contributed by atoms with Gasteiger partial charge in [0, 0.05) is 43.9 Å². The number of benzene rings is 1. The molecule has 5 rings (SSSR count). The van der Waals surface area contributed by atoms with Crippen molar-refractivity contribution >= 4 is 11.9 Å². The average molecular weight is 446 g/mol. The predicted octanol–water partition coefficient (Wildman–Crippen LogP) is 4.53. The van der Waals surface area contributed by atoms with Crippen LogP contribution in [0.2, 0.25) is 0 Å². The Hall–Kier alpha value is -3.22. The van der Waals surface area contributed by atoms with E-state index in [1.807, 2.05) is 45.0 Å². The van der Waals surface area contributed by atoms with Gasteiger partial charge in [-0.05, 0) is 44.1 Å². The van der Waals surface area contributed by atoms with E-state index >= 15 is 0 Å². The minimum Gasteiger partial charge on any atom is -0.356 e. The Morgan fingerprint density at radius 3 is 2.42 bits per heavy atom. The first-order valence-corrected chi connectivity index (χ1v) is 11.8.